The maximum Gasteiger partial charge on any atom is 0.0795 e. The average Bonchev–Trinajstić information content (AvgIpc) is 2.65. The van der Waals surface area contributed by atoms with Crippen LogP contribution in [0.1, 0.15) is 45.9 Å². The van der Waals surface area contributed by atoms with E-state index in [4.69, 9.17) is 0 Å². The molecule has 0 radical (unpaired) electrons. The maximum absolute atomic E-state index is 4.32. The molecule has 3 heteroatoms. The number of nitrogens with zero attached hydrogens (tertiary/aromatic N) is 1. The molecule has 80 valence electrons. The Labute approximate surface area is 90.8 Å². The SMILES string of the molecule is CCC(NC(C)c1cscn1)C(C)C. The molecule has 0 aliphatic rings. The zero-order chi connectivity index (χ0) is 10.6. The monoisotopic (exact) mass is 212 g/mol. The van der Waals surface area contributed by atoms with Crippen LogP contribution < -0.4 is 5.32 Å². The van der Waals surface area contributed by atoms with Gasteiger partial charge < -0.3 is 5.32 Å². The van der Waals surface area contributed by atoms with Gasteiger partial charge in [-0.05, 0) is 19.3 Å². The molecule has 0 saturated carbocycles. The van der Waals surface area contributed by atoms with Gasteiger partial charge in [-0.2, -0.15) is 0 Å². The fourth-order valence-electron chi connectivity index (χ4n) is 1.62. The predicted octanol–water partition coefficient (Wildman–Crippen LogP) is 3.23. The Balaban J connectivity index is 2.51. The first-order chi connectivity index (χ1) is 6.65. The molecule has 2 atom stereocenters. The van der Waals surface area contributed by atoms with Crippen LogP contribution in [0, 0.1) is 5.92 Å². The first kappa shape index (κ1) is 11.7. The summed E-state index contributed by atoms with van der Waals surface area (Å²) in [6.07, 6.45) is 1.17. The lowest BCUT2D eigenvalue weighted by Gasteiger charge is -2.24. The van der Waals surface area contributed by atoms with Gasteiger partial charge in [-0.1, -0.05) is 20.8 Å². The van der Waals surface area contributed by atoms with Gasteiger partial charge in [0.2, 0.25) is 0 Å². The first-order valence-corrected chi connectivity index (χ1v) is 6.23. The van der Waals surface area contributed by atoms with Crippen LogP contribution in [0.5, 0.6) is 0 Å². The Hall–Kier alpha value is -0.410. The molecule has 2 unspecified atom stereocenters. The van der Waals surface area contributed by atoms with Crippen molar-refractivity contribution >= 4 is 11.3 Å². The van der Waals surface area contributed by atoms with Crippen LogP contribution in [-0.2, 0) is 0 Å². The summed E-state index contributed by atoms with van der Waals surface area (Å²) in [7, 11) is 0. The van der Waals surface area contributed by atoms with Gasteiger partial charge in [0.1, 0.15) is 0 Å². The minimum atomic E-state index is 0.369. The number of hydrogen-bond acceptors (Lipinski definition) is 3. The van der Waals surface area contributed by atoms with Gasteiger partial charge in [-0.25, -0.2) is 4.98 Å². The van der Waals surface area contributed by atoms with Gasteiger partial charge in [-0.15, -0.1) is 11.3 Å². The van der Waals surface area contributed by atoms with Gasteiger partial charge in [0.25, 0.3) is 0 Å². The molecule has 0 aromatic carbocycles. The van der Waals surface area contributed by atoms with Crippen molar-refractivity contribution < 1.29 is 0 Å². The van der Waals surface area contributed by atoms with Gasteiger partial charge in [-0.3, -0.25) is 0 Å². The average molecular weight is 212 g/mol. The fraction of sp³-hybridized carbons (Fsp3) is 0.727. The van der Waals surface area contributed by atoms with E-state index in [0.29, 0.717) is 18.0 Å². The molecule has 1 heterocycles. The van der Waals surface area contributed by atoms with E-state index < -0.39 is 0 Å². The van der Waals surface area contributed by atoms with E-state index in [2.05, 4.69) is 43.4 Å². The molecule has 1 N–H and O–H groups in total. The Bertz CT molecular complexity index is 244. The number of aromatic nitrogens is 1. The molecule has 0 spiro atoms. The molecular formula is C11H20N2S. The summed E-state index contributed by atoms with van der Waals surface area (Å²) >= 11 is 1.66. The molecule has 0 fully saturated rings. The van der Waals surface area contributed by atoms with E-state index in [0.717, 1.165) is 5.69 Å². The van der Waals surface area contributed by atoms with Gasteiger partial charge in [0.15, 0.2) is 0 Å². The standard InChI is InChI=1S/C11H20N2S/c1-5-10(8(2)3)13-9(4)11-6-14-7-12-11/h6-10,13H,5H2,1-4H3. The van der Waals surface area contributed by atoms with Crippen molar-refractivity contribution in [2.24, 2.45) is 5.92 Å². The highest BCUT2D eigenvalue weighted by Gasteiger charge is 2.15. The molecule has 0 bridgehead atoms. The van der Waals surface area contributed by atoms with Crippen molar-refractivity contribution in [1.82, 2.24) is 10.3 Å². The number of thiazole rings is 1. The summed E-state index contributed by atoms with van der Waals surface area (Å²) in [5, 5.41) is 5.73. The third kappa shape index (κ3) is 3.07. The zero-order valence-electron chi connectivity index (χ0n) is 9.45. The van der Waals surface area contributed by atoms with Crippen LogP contribution in [0.4, 0.5) is 0 Å². The van der Waals surface area contributed by atoms with Crippen molar-refractivity contribution in [3.05, 3.63) is 16.6 Å². The number of rotatable bonds is 5. The van der Waals surface area contributed by atoms with Crippen LogP contribution in [0.3, 0.4) is 0 Å². The minimum absolute atomic E-state index is 0.369. The van der Waals surface area contributed by atoms with Gasteiger partial charge >= 0.3 is 0 Å². The third-order valence-corrected chi connectivity index (χ3v) is 3.21. The van der Waals surface area contributed by atoms with E-state index >= 15 is 0 Å². The second-order valence-electron chi connectivity index (χ2n) is 4.06. The highest BCUT2D eigenvalue weighted by Crippen LogP contribution is 2.16. The van der Waals surface area contributed by atoms with Crippen LogP contribution in [0.15, 0.2) is 10.9 Å². The summed E-state index contributed by atoms with van der Waals surface area (Å²) < 4.78 is 0. The van der Waals surface area contributed by atoms with E-state index in [-0.39, 0.29) is 0 Å². The van der Waals surface area contributed by atoms with Crippen molar-refractivity contribution in [3.63, 3.8) is 0 Å². The van der Waals surface area contributed by atoms with E-state index in [1.165, 1.54) is 6.42 Å². The van der Waals surface area contributed by atoms with Crippen molar-refractivity contribution in [2.75, 3.05) is 0 Å². The third-order valence-electron chi connectivity index (χ3n) is 2.60. The largest absolute Gasteiger partial charge is 0.306 e. The van der Waals surface area contributed by atoms with E-state index in [1.54, 1.807) is 11.3 Å². The molecule has 0 aliphatic carbocycles. The summed E-state index contributed by atoms with van der Waals surface area (Å²) in [6.45, 7) is 8.93. The van der Waals surface area contributed by atoms with E-state index in [1.807, 2.05) is 5.51 Å². The maximum atomic E-state index is 4.32. The van der Waals surface area contributed by atoms with Crippen molar-refractivity contribution in [2.45, 2.75) is 46.2 Å². The number of hydrogen-bond donors (Lipinski definition) is 1. The molecule has 0 aliphatic heterocycles. The Morgan fingerprint density at radius 1 is 1.43 bits per heavy atom. The van der Waals surface area contributed by atoms with Crippen LogP contribution in [0.2, 0.25) is 0 Å². The van der Waals surface area contributed by atoms with Gasteiger partial charge in [0.05, 0.1) is 11.2 Å². The van der Waals surface area contributed by atoms with Gasteiger partial charge in [0, 0.05) is 17.5 Å². The predicted molar refractivity (Wildman–Crippen MR) is 62.6 cm³/mol. The first-order valence-electron chi connectivity index (χ1n) is 5.29. The smallest absolute Gasteiger partial charge is 0.0795 e. The second kappa shape index (κ2) is 5.47. The zero-order valence-corrected chi connectivity index (χ0v) is 10.3. The lowest BCUT2D eigenvalue weighted by molar-refractivity contribution is 0.353. The van der Waals surface area contributed by atoms with Crippen LogP contribution in [0.25, 0.3) is 0 Å². The summed E-state index contributed by atoms with van der Waals surface area (Å²) in [5.41, 5.74) is 3.05. The topological polar surface area (TPSA) is 24.9 Å². The molecule has 0 saturated heterocycles. The Morgan fingerprint density at radius 3 is 2.57 bits per heavy atom. The second-order valence-corrected chi connectivity index (χ2v) is 4.78. The van der Waals surface area contributed by atoms with Crippen molar-refractivity contribution in [3.8, 4) is 0 Å². The molecule has 0 amide bonds. The van der Waals surface area contributed by atoms with Crippen molar-refractivity contribution in [1.29, 1.82) is 0 Å². The van der Waals surface area contributed by atoms with Crippen LogP contribution >= 0.6 is 11.3 Å². The number of nitrogens with one attached hydrogen (secondary N) is 1. The molecule has 2 nitrogen and oxygen atoms in total. The molecular weight excluding hydrogens is 192 g/mol. The highest BCUT2D eigenvalue weighted by molar-refractivity contribution is 7.07. The minimum Gasteiger partial charge on any atom is -0.306 e. The molecule has 14 heavy (non-hydrogen) atoms. The summed E-state index contributed by atoms with van der Waals surface area (Å²) in [4.78, 5) is 4.32. The summed E-state index contributed by atoms with van der Waals surface area (Å²) in [6, 6.07) is 0.959. The molecule has 1 rings (SSSR count). The summed E-state index contributed by atoms with van der Waals surface area (Å²) in [5.74, 6) is 0.682. The van der Waals surface area contributed by atoms with E-state index in [9.17, 15) is 0 Å². The lowest BCUT2D eigenvalue weighted by Crippen LogP contribution is -2.35. The van der Waals surface area contributed by atoms with Crippen LogP contribution in [-0.4, -0.2) is 11.0 Å². The Kier molecular flexibility index (Phi) is 4.55. The molecule has 1 aromatic heterocycles. The fourth-order valence-corrected chi connectivity index (χ4v) is 2.27. The molecule has 1 aromatic rings. The lowest BCUT2D eigenvalue weighted by atomic mass is 10.0. The Morgan fingerprint density at radius 2 is 2.14 bits per heavy atom. The normalized spacial score (nSPS) is 15.8. The quantitative estimate of drug-likeness (QED) is 0.810. The highest BCUT2D eigenvalue weighted by atomic mass is 32.1.